The molecule has 0 N–H and O–H groups in total. The molecule has 3 aromatic heterocycles. The summed E-state index contributed by atoms with van der Waals surface area (Å²) in [5.41, 5.74) is 13.0. The summed E-state index contributed by atoms with van der Waals surface area (Å²) < 4.78 is 7.32. The molecule has 3 heterocycles. The molecule has 4 heteroatoms. The standard InChI is InChI=1S/C66H45N3Si/c1-5-20-47(21-6-1)67-62-34-18-15-30-58(62)66-54(31-19-35-64(66)67)46-36-43-63-59(44-46)56-29-14-17-33-61(56)69(63)49-39-42-57-55-28-13-16-32-60(55)68(65(57)45-49)48-37-40-53(41-38-48)70(50-22-7-2-8-23-50,51-24-9-3-10-25-51)52-26-11-4-12-27-52/h1-45H. The van der Waals surface area contributed by atoms with Gasteiger partial charge >= 0.3 is 0 Å². The van der Waals surface area contributed by atoms with E-state index in [4.69, 9.17) is 0 Å². The van der Waals surface area contributed by atoms with Gasteiger partial charge in [-0.15, -0.1) is 0 Å². The topological polar surface area (TPSA) is 14.8 Å². The molecule has 0 unspecified atom stereocenters. The zero-order chi connectivity index (χ0) is 46.2. The van der Waals surface area contributed by atoms with Crippen molar-refractivity contribution >= 4 is 94.2 Å². The molecule has 0 aliphatic heterocycles. The van der Waals surface area contributed by atoms with Gasteiger partial charge in [0, 0.05) is 49.4 Å². The van der Waals surface area contributed by atoms with Crippen LogP contribution in [0.3, 0.4) is 0 Å². The Balaban J connectivity index is 0.941. The minimum Gasteiger partial charge on any atom is -0.309 e. The molecule has 0 atom stereocenters. The normalized spacial score (nSPS) is 12.0. The van der Waals surface area contributed by atoms with Crippen molar-refractivity contribution in [3.05, 3.63) is 273 Å². The minimum absolute atomic E-state index is 1.13. The van der Waals surface area contributed by atoms with E-state index in [1.54, 1.807) is 0 Å². The van der Waals surface area contributed by atoms with Crippen molar-refractivity contribution in [3.63, 3.8) is 0 Å². The Morgan fingerprint density at radius 1 is 0.229 bits per heavy atom. The Hall–Kier alpha value is -8.96. The van der Waals surface area contributed by atoms with Gasteiger partial charge in [0.1, 0.15) is 0 Å². The highest BCUT2D eigenvalue weighted by Gasteiger charge is 2.41. The van der Waals surface area contributed by atoms with E-state index in [1.165, 1.54) is 97.3 Å². The summed E-state index contributed by atoms with van der Waals surface area (Å²) >= 11 is 0. The van der Waals surface area contributed by atoms with Crippen LogP contribution in [-0.2, 0) is 0 Å². The number of hydrogen-bond acceptors (Lipinski definition) is 0. The quantitative estimate of drug-likeness (QED) is 0.107. The highest BCUT2D eigenvalue weighted by atomic mass is 28.3. The predicted octanol–water partition coefficient (Wildman–Crippen LogP) is 14.0. The fraction of sp³-hybridized carbons (Fsp3) is 0. The molecular formula is C66H45N3Si. The lowest BCUT2D eigenvalue weighted by Crippen LogP contribution is -2.74. The van der Waals surface area contributed by atoms with Crippen LogP contribution in [0.25, 0.3) is 93.6 Å². The van der Waals surface area contributed by atoms with Gasteiger partial charge in [0.2, 0.25) is 0 Å². The molecule has 0 spiro atoms. The lowest BCUT2D eigenvalue weighted by atomic mass is 9.98. The van der Waals surface area contributed by atoms with Crippen LogP contribution >= 0.6 is 0 Å². The van der Waals surface area contributed by atoms with E-state index in [2.05, 4.69) is 287 Å². The number of fused-ring (bicyclic) bond motifs is 9. The summed E-state index contributed by atoms with van der Waals surface area (Å²) in [6.07, 6.45) is 0. The number of benzene rings is 11. The van der Waals surface area contributed by atoms with Gasteiger partial charge < -0.3 is 13.7 Å². The summed E-state index contributed by atoms with van der Waals surface area (Å²) in [5, 5.41) is 12.9. The van der Waals surface area contributed by atoms with Crippen molar-refractivity contribution < 1.29 is 0 Å². The van der Waals surface area contributed by atoms with Gasteiger partial charge in [-0.1, -0.05) is 200 Å². The van der Waals surface area contributed by atoms with Crippen LogP contribution in [0.4, 0.5) is 0 Å². The van der Waals surface area contributed by atoms with E-state index in [0.29, 0.717) is 0 Å². The van der Waals surface area contributed by atoms with E-state index < -0.39 is 8.07 Å². The fourth-order valence-corrected chi connectivity index (χ4v) is 16.6. The molecule has 0 saturated heterocycles. The maximum absolute atomic E-state index is 2.69. The van der Waals surface area contributed by atoms with Crippen LogP contribution in [0, 0.1) is 0 Å². The third-order valence-electron chi connectivity index (χ3n) is 14.8. The molecule has 0 saturated carbocycles. The number of rotatable bonds is 8. The van der Waals surface area contributed by atoms with E-state index in [0.717, 1.165) is 17.1 Å². The summed E-state index contributed by atoms with van der Waals surface area (Å²) in [6.45, 7) is 0. The molecule has 3 nitrogen and oxygen atoms in total. The molecule has 0 bridgehead atoms. The van der Waals surface area contributed by atoms with Crippen LogP contribution in [0.2, 0.25) is 0 Å². The molecule has 328 valence electrons. The van der Waals surface area contributed by atoms with Crippen LogP contribution in [-0.4, -0.2) is 21.8 Å². The number of aromatic nitrogens is 3. The molecule has 11 aromatic carbocycles. The molecule has 70 heavy (non-hydrogen) atoms. The Bertz CT molecular complexity index is 4170. The number of para-hydroxylation sites is 4. The first-order valence-corrected chi connectivity index (χ1v) is 26.2. The maximum atomic E-state index is 2.47. The fourth-order valence-electron chi connectivity index (χ4n) is 11.8. The molecule has 0 amide bonds. The molecule has 14 aromatic rings. The molecular weight excluding hydrogens is 863 g/mol. The lowest BCUT2D eigenvalue weighted by Gasteiger charge is -2.34. The van der Waals surface area contributed by atoms with Gasteiger partial charge in [0.25, 0.3) is 0 Å². The van der Waals surface area contributed by atoms with E-state index in [-0.39, 0.29) is 0 Å². The second-order valence-electron chi connectivity index (χ2n) is 18.4. The Labute approximate surface area is 407 Å². The van der Waals surface area contributed by atoms with E-state index >= 15 is 0 Å². The monoisotopic (exact) mass is 907 g/mol. The van der Waals surface area contributed by atoms with Gasteiger partial charge in [-0.2, -0.15) is 0 Å². The smallest absolute Gasteiger partial charge is 0.179 e. The van der Waals surface area contributed by atoms with Crippen LogP contribution in [0.15, 0.2) is 273 Å². The average Bonchev–Trinajstić information content (AvgIpc) is 4.08. The van der Waals surface area contributed by atoms with Gasteiger partial charge in [-0.25, -0.2) is 0 Å². The number of nitrogens with zero attached hydrogens (tertiary/aromatic N) is 3. The van der Waals surface area contributed by atoms with Crippen molar-refractivity contribution in [2.24, 2.45) is 0 Å². The Morgan fingerprint density at radius 3 is 1.26 bits per heavy atom. The zero-order valence-corrected chi connectivity index (χ0v) is 39.3. The average molecular weight is 908 g/mol. The summed E-state index contributed by atoms with van der Waals surface area (Å²) in [6, 6.07) is 101. The largest absolute Gasteiger partial charge is 0.309 e. The maximum Gasteiger partial charge on any atom is 0.179 e. The molecule has 0 radical (unpaired) electrons. The van der Waals surface area contributed by atoms with Crippen molar-refractivity contribution in [3.8, 4) is 28.2 Å². The summed E-state index contributed by atoms with van der Waals surface area (Å²) in [4.78, 5) is 0. The number of hydrogen-bond donors (Lipinski definition) is 0. The molecule has 0 fully saturated rings. The van der Waals surface area contributed by atoms with Crippen molar-refractivity contribution in [2.45, 2.75) is 0 Å². The third-order valence-corrected chi connectivity index (χ3v) is 19.6. The van der Waals surface area contributed by atoms with Gasteiger partial charge in [-0.05, 0) is 105 Å². The first-order valence-electron chi connectivity index (χ1n) is 24.2. The van der Waals surface area contributed by atoms with Crippen LogP contribution < -0.4 is 20.7 Å². The van der Waals surface area contributed by atoms with Gasteiger partial charge in [0.15, 0.2) is 8.07 Å². The molecule has 0 aliphatic carbocycles. The predicted molar refractivity (Wildman–Crippen MR) is 299 cm³/mol. The van der Waals surface area contributed by atoms with Gasteiger partial charge in [0.05, 0.1) is 33.1 Å². The minimum atomic E-state index is -2.69. The highest BCUT2D eigenvalue weighted by Crippen LogP contribution is 2.42. The third kappa shape index (κ3) is 6.00. The second-order valence-corrected chi connectivity index (χ2v) is 22.2. The van der Waals surface area contributed by atoms with Crippen molar-refractivity contribution in [1.29, 1.82) is 0 Å². The van der Waals surface area contributed by atoms with E-state index in [1.807, 2.05) is 0 Å². The van der Waals surface area contributed by atoms with Crippen LogP contribution in [0.5, 0.6) is 0 Å². The van der Waals surface area contributed by atoms with Crippen LogP contribution in [0.1, 0.15) is 0 Å². The van der Waals surface area contributed by atoms with E-state index in [9.17, 15) is 0 Å². The lowest BCUT2D eigenvalue weighted by molar-refractivity contribution is 1.16. The Kier molecular flexibility index (Phi) is 9.23. The summed E-state index contributed by atoms with van der Waals surface area (Å²) in [5.74, 6) is 0. The molecule has 0 aliphatic rings. The van der Waals surface area contributed by atoms with Crippen molar-refractivity contribution in [1.82, 2.24) is 13.7 Å². The van der Waals surface area contributed by atoms with Gasteiger partial charge in [-0.3, -0.25) is 0 Å². The first-order chi connectivity index (χ1) is 34.8. The highest BCUT2D eigenvalue weighted by molar-refractivity contribution is 7.19. The van der Waals surface area contributed by atoms with Crippen molar-refractivity contribution in [2.75, 3.05) is 0 Å². The Morgan fingerprint density at radius 2 is 0.643 bits per heavy atom. The zero-order valence-electron chi connectivity index (χ0n) is 38.3. The first kappa shape index (κ1) is 40.1. The second kappa shape index (κ2) is 16.1. The SMILES string of the molecule is c1ccc(-n2c3ccccc3c3c(-c4ccc5c(c4)c4ccccc4n5-c4ccc5c6ccccc6n(-c6ccc([Si](c7ccccc7)(c7ccccc7)c7ccccc7)cc6)c5c4)cccc32)cc1. The molecule has 14 rings (SSSR count). The summed E-state index contributed by atoms with van der Waals surface area (Å²) in [7, 11) is -2.69.